The Morgan fingerprint density at radius 1 is 1.06 bits per heavy atom. The van der Waals surface area contributed by atoms with Crippen molar-refractivity contribution in [1.82, 2.24) is 4.90 Å². The van der Waals surface area contributed by atoms with Crippen LogP contribution in [0.1, 0.15) is 52.9 Å². The predicted octanol–water partition coefficient (Wildman–Crippen LogP) is 5.75. The Bertz CT molecular complexity index is 1350. The summed E-state index contributed by atoms with van der Waals surface area (Å²) in [5.74, 6) is -0.436. The van der Waals surface area contributed by atoms with Crippen LogP contribution in [0.4, 0.5) is 10.1 Å². The fourth-order valence-corrected chi connectivity index (χ4v) is 5.37. The van der Waals surface area contributed by atoms with Crippen LogP contribution >= 0.6 is 11.6 Å². The zero-order valence-electron chi connectivity index (χ0n) is 20.0. The zero-order valence-corrected chi connectivity index (χ0v) is 20.8. The maximum atomic E-state index is 13.9. The molecule has 0 aromatic heterocycles. The summed E-state index contributed by atoms with van der Waals surface area (Å²) < 4.78 is 25.3. The van der Waals surface area contributed by atoms with E-state index in [-0.39, 0.29) is 16.8 Å². The van der Waals surface area contributed by atoms with Crippen molar-refractivity contribution in [3.63, 3.8) is 0 Å². The lowest BCUT2D eigenvalue weighted by Crippen LogP contribution is -2.49. The molecule has 2 atom stereocenters. The number of halogens is 2. The van der Waals surface area contributed by atoms with E-state index >= 15 is 0 Å². The average molecular weight is 509 g/mol. The number of amides is 2. The molecule has 2 aliphatic heterocycles. The summed E-state index contributed by atoms with van der Waals surface area (Å²) in [4.78, 5) is 29.2. The number of benzene rings is 3. The van der Waals surface area contributed by atoms with Crippen molar-refractivity contribution in [1.29, 1.82) is 0 Å². The van der Waals surface area contributed by atoms with Gasteiger partial charge < -0.3 is 19.7 Å². The third-order valence-corrected chi connectivity index (χ3v) is 6.97. The Kier molecular flexibility index (Phi) is 6.58. The molecule has 0 radical (unpaired) electrons. The number of carbonyl (C=O) groups excluding carboxylic acids is 2. The molecule has 0 saturated carbocycles. The second kappa shape index (κ2) is 9.82. The minimum atomic E-state index is -0.716. The lowest BCUT2D eigenvalue weighted by molar-refractivity contribution is -0.119. The highest BCUT2D eigenvalue weighted by Crippen LogP contribution is 2.48. The van der Waals surface area contributed by atoms with Crippen LogP contribution in [-0.4, -0.2) is 36.5 Å². The number of hydrogen-bond donors (Lipinski definition) is 1. The van der Waals surface area contributed by atoms with Gasteiger partial charge in [0.05, 0.1) is 35.9 Å². The van der Waals surface area contributed by atoms with Crippen LogP contribution in [0.25, 0.3) is 0 Å². The first-order valence-corrected chi connectivity index (χ1v) is 12.4. The standard InChI is InChI=1S/C28H26ClFN2O4/c1-3-35-23-13-16-11-12-32-26(20(16)15-24(23)36-4-2)25(18-7-5-6-8-19(18)28(32)34)27(33)31-22-10-9-17(30)14-21(22)29/h5-10,13-15,25-26H,3-4,11-12H2,1-2H3,(H,31,33)/t25-,26+/m1/s1. The van der Waals surface area contributed by atoms with Gasteiger partial charge in [0.25, 0.3) is 5.91 Å². The lowest BCUT2D eigenvalue weighted by Gasteiger charge is -2.45. The van der Waals surface area contributed by atoms with E-state index in [2.05, 4.69) is 5.32 Å². The van der Waals surface area contributed by atoms with Crippen LogP contribution in [0.15, 0.2) is 54.6 Å². The van der Waals surface area contributed by atoms with E-state index in [1.54, 1.807) is 17.0 Å². The van der Waals surface area contributed by atoms with Gasteiger partial charge in [0.2, 0.25) is 5.91 Å². The van der Waals surface area contributed by atoms with Crippen LogP contribution in [0.2, 0.25) is 5.02 Å². The number of rotatable bonds is 6. The number of hydrogen-bond acceptors (Lipinski definition) is 4. The molecule has 3 aromatic carbocycles. The molecule has 0 spiro atoms. The highest BCUT2D eigenvalue weighted by Gasteiger charge is 2.46. The van der Waals surface area contributed by atoms with Gasteiger partial charge in [-0.05, 0) is 73.4 Å². The second-order valence-electron chi connectivity index (χ2n) is 8.74. The third kappa shape index (κ3) is 4.17. The van der Waals surface area contributed by atoms with Gasteiger partial charge in [0, 0.05) is 12.1 Å². The van der Waals surface area contributed by atoms with Crippen molar-refractivity contribution >= 4 is 29.1 Å². The average Bonchev–Trinajstić information content (AvgIpc) is 2.86. The fraction of sp³-hybridized carbons (Fsp3) is 0.286. The maximum absolute atomic E-state index is 13.9. The Labute approximate surface area is 214 Å². The van der Waals surface area contributed by atoms with Crippen molar-refractivity contribution in [2.24, 2.45) is 0 Å². The van der Waals surface area contributed by atoms with Gasteiger partial charge >= 0.3 is 0 Å². The summed E-state index contributed by atoms with van der Waals surface area (Å²) in [5.41, 5.74) is 3.30. The number of nitrogens with zero attached hydrogens (tertiary/aromatic N) is 1. The zero-order chi connectivity index (χ0) is 25.4. The van der Waals surface area contributed by atoms with Crippen LogP contribution in [0.3, 0.4) is 0 Å². The van der Waals surface area contributed by atoms with E-state index in [0.717, 1.165) is 17.2 Å². The summed E-state index contributed by atoms with van der Waals surface area (Å²) in [6.45, 7) is 5.20. The molecule has 0 bridgehead atoms. The van der Waals surface area contributed by atoms with Crippen molar-refractivity contribution in [2.75, 3.05) is 25.1 Å². The molecule has 3 aromatic rings. The molecule has 0 saturated heterocycles. The smallest absolute Gasteiger partial charge is 0.254 e. The molecule has 1 N–H and O–H groups in total. The minimum Gasteiger partial charge on any atom is -0.490 e. The first-order chi connectivity index (χ1) is 17.4. The molecular formula is C28H26ClFN2O4. The van der Waals surface area contributed by atoms with Crippen molar-refractivity contribution in [3.05, 3.63) is 87.7 Å². The molecule has 0 unspecified atom stereocenters. The lowest BCUT2D eigenvalue weighted by atomic mass is 9.75. The molecule has 2 heterocycles. The van der Waals surface area contributed by atoms with E-state index in [1.807, 2.05) is 38.1 Å². The highest BCUT2D eigenvalue weighted by atomic mass is 35.5. The molecular weight excluding hydrogens is 483 g/mol. The monoisotopic (exact) mass is 508 g/mol. The van der Waals surface area contributed by atoms with E-state index < -0.39 is 17.8 Å². The molecule has 0 fully saturated rings. The van der Waals surface area contributed by atoms with Crippen molar-refractivity contribution in [2.45, 2.75) is 32.2 Å². The van der Waals surface area contributed by atoms with Crippen LogP contribution < -0.4 is 14.8 Å². The van der Waals surface area contributed by atoms with Crippen LogP contribution in [0, 0.1) is 5.82 Å². The number of ether oxygens (including phenoxy) is 2. The van der Waals surface area contributed by atoms with E-state index in [0.29, 0.717) is 54.5 Å². The molecule has 36 heavy (non-hydrogen) atoms. The summed E-state index contributed by atoms with van der Waals surface area (Å²) in [6.07, 6.45) is 0.629. The van der Waals surface area contributed by atoms with Gasteiger partial charge in [0.15, 0.2) is 11.5 Å². The van der Waals surface area contributed by atoms with Gasteiger partial charge in [-0.1, -0.05) is 29.8 Å². The summed E-state index contributed by atoms with van der Waals surface area (Å²) in [5, 5.41) is 2.97. The Morgan fingerprint density at radius 2 is 1.78 bits per heavy atom. The Balaban J connectivity index is 1.64. The van der Waals surface area contributed by atoms with E-state index in [1.165, 1.54) is 12.1 Å². The van der Waals surface area contributed by atoms with E-state index in [4.69, 9.17) is 21.1 Å². The number of carbonyl (C=O) groups is 2. The SMILES string of the molecule is CCOc1cc2c(cc1OCC)[C@H]1[C@H](C(=O)Nc3ccc(F)cc3Cl)c3ccccc3C(=O)N1CC2. The molecule has 8 heteroatoms. The Hall–Kier alpha value is -3.58. The van der Waals surface area contributed by atoms with Crippen molar-refractivity contribution < 1.29 is 23.5 Å². The maximum Gasteiger partial charge on any atom is 0.254 e. The molecule has 0 aliphatic carbocycles. The number of nitrogens with one attached hydrogen (secondary N) is 1. The number of fused-ring (bicyclic) bond motifs is 4. The molecule has 2 amide bonds. The molecule has 5 rings (SSSR count). The normalized spacial score (nSPS) is 18.1. The van der Waals surface area contributed by atoms with Crippen LogP contribution in [0.5, 0.6) is 11.5 Å². The molecule has 2 aliphatic rings. The van der Waals surface area contributed by atoms with Crippen molar-refractivity contribution in [3.8, 4) is 11.5 Å². The fourth-order valence-electron chi connectivity index (χ4n) is 5.16. The van der Waals surface area contributed by atoms with Crippen LogP contribution in [-0.2, 0) is 11.2 Å². The second-order valence-corrected chi connectivity index (χ2v) is 9.14. The largest absolute Gasteiger partial charge is 0.490 e. The predicted molar refractivity (Wildman–Crippen MR) is 135 cm³/mol. The highest BCUT2D eigenvalue weighted by molar-refractivity contribution is 6.33. The third-order valence-electron chi connectivity index (χ3n) is 6.66. The van der Waals surface area contributed by atoms with E-state index in [9.17, 15) is 14.0 Å². The summed E-state index contributed by atoms with van der Waals surface area (Å²) >= 11 is 6.21. The molecule has 186 valence electrons. The topological polar surface area (TPSA) is 67.9 Å². The first-order valence-electron chi connectivity index (χ1n) is 12.0. The first kappa shape index (κ1) is 24.1. The molecule has 6 nitrogen and oxygen atoms in total. The summed E-state index contributed by atoms with van der Waals surface area (Å²) in [7, 11) is 0. The summed E-state index contributed by atoms with van der Waals surface area (Å²) in [6, 6.07) is 14.3. The van der Waals surface area contributed by atoms with Gasteiger partial charge in [0.1, 0.15) is 5.82 Å². The van der Waals surface area contributed by atoms with Gasteiger partial charge in [-0.15, -0.1) is 0 Å². The Morgan fingerprint density at radius 3 is 2.50 bits per heavy atom. The van der Waals surface area contributed by atoms with Gasteiger partial charge in [-0.3, -0.25) is 9.59 Å². The van der Waals surface area contributed by atoms with Gasteiger partial charge in [-0.2, -0.15) is 0 Å². The van der Waals surface area contributed by atoms with Gasteiger partial charge in [-0.25, -0.2) is 4.39 Å². The quantitative estimate of drug-likeness (QED) is 0.460. The number of anilines is 1. The minimum absolute atomic E-state index is 0.101.